The Hall–Kier alpha value is -3.15. The van der Waals surface area contributed by atoms with Crippen molar-refractivity contribution >= 4 is 22.8 Å². The average molecular weight is 341 g/mol. The van der Waals surface area contributed by atoms with Gasteiger partial charge in [0.25, 0.3) is 5.91 Å². The van der Waals surface area contributed by atoms with Crippen LogP contribution in [0.25, 0.3) is 10.9 Å². The van der Waals surface area contributed by atoms with E-state index in [-0.39, 0.29) is 11.3 Å². The van der Waals surface area contributed by atoms with Crippen LogP contribution in [0.5, 0.6) is 5.75 Å². The molecule has 3 aromatic rings. The molecule has 1 atom stereocenters. The number of hydrogen-bond acceptors (Lipinski definition) is 3. The molecule has 6 heteroatoms. The van der Waals surface area contributed by atoms with Crippen LogP contribution in [-0.4, -0.2) is 26.7 Å². The first-order valence-corrected chi connectivity index (χ1v) is 7.68. The molecule has 0 fully saturated rings. The van der Waals surface area contributed by atoms with Crippen LogP contribution in [0.4, 0.5) is 4.39 Å². The Morgan fingerprint density at radius 3 is 2.36 bits per heavy atom. The monoisotopic (exact) mass is 341 g/mol. The third kappa shape index (κ3) is 2.76. The second kappa shape index (κ2) is 6.05. The molecule has 0 aliphatic rings. The van der Waals surface area contributed by atoms with Gasteiger partial charge in [-0.15, -0.1) is 0 Å². The Morgan fingerprint density at radius 2 is 1.76 bits per heavy atom. The predicted molar refractivity (Wildman–Crippen MR) is 90.5 cm³/mol. The molecular formula is C19H16FNO4. The zero-order chi connectivity index (χ0) is 18.3. The summed E-state index contributed by atoms with van der Waals surface area (Å²) in [6.45, 7) is 3.19. The first kappa shape index (κ1) is 16.7. The highest BCUT2D eigenvalue weighted by Gasteiger charge is 2.26. The van der Waals surface area contributed by atoms with Crippen LogP contribution >= 0.6 is 0 Å². The lowest BCUT2D eigenvalue weighted by Gasteiger charge is -2.09. The number of aliphatic carboxylic acids is 1. The Labute approximate surface area is 142 Å². The number of phenolic OH excluding ortho intramolecular Hbond substituents is 1. The molecule has 1 heterocycles. The fraction of sp³-hybridized carbons (Fsp3) is 0.158. The number of benzene rings is 2. The van der Waals surface area contributed by atoms with E-state index in [0.717, 1.165) is 0 Å². The van der Waals surface area contributed by atoms with Gasteiger partial charge in [-0.1, -0.05) is 0 Å². The highest BCUT2D eigenvalue weighted by Crippen LogP contribution is 2.34. The van der Waals surface area contributed by atoms with E-state index in [1.165, 1.54) is 47.9 Å². The van der Waals surface area contributed by atoms with Gasteiger partial charge in [0.1, 0.15) is 11.6 Å². The summed E-state index contributed by atoms with van der Waals surface area (Å²) in [5.41, 5.74) is 1.72. The van der Waals surface area contributed by atoms with Crippen molar-refractivity contribution in [3.05, 3.63) is 65.1 Å². The molecule has 0 saturated heterocycles. The SMILES string of the molecule is Cc1c(C(C)C(=O)O)c2cc(O)ccc2n1C(=O)c1ccc(F)cc1. The molecular weight excluding hydrogens is 325 g/mol. The van der Waals surface area contributed by atoms with E-state index in [1.807, 2.05) is 0 Å². The second-order valence-corrected chi connectivity index (χ2v) is 5.91. The third-order valence-electron chi connectivity index (χ3n) is 4.33. The first-order valence-electron chi connectivity index (χ1n) is 7.68. The maximum Gasteiger partial charge on any atom is 0.310 e. The molecule has 0 bridgehead atoms. The maximum atomic E-state index is 13.1. The summed E-state index contributed by atoms with van der Waals surface area (Å²) in [5.74, 6) is -2.74. The van der Waals surface area contributed by atoms with Gasteiger partial charge in [0.15, 0.2) is 0 Å². The predicted octanol–water partition coefficient (Wildman–Crippen LogP) is 3.67. The Balaban J connectivity index is 2.28. The van der Waals surface area contributed by atoms with Gasteiger partial charge < -0.3 is 10.2 Å². The minimum atomic E-state index is -1.03. The summed E-state index contributed by atoms with van der Waals surface area (Å²) < 4.78 is 14.5. The number of carbonyl (C=O) groups is 2. The van der Waals surface area contributed by atoms with Crippen LogP contribution in [-0.2, 0) is 4.79 Å². The lowest BCUT2D eigenvalue weighted by molar-refractivity contribution is -0.138. The van der Waals surface area contributed by atoms with Crippen molar-refractivity contribution in [1.29, 1.82) is 0 Å². The molecule has 0 radical (unpaired) electrons. The van der Waals surface area contributed by atoms with Crippen LogP contribution < -0.4 is 0 Å². The van der Waals surface area contributed by atoms with Crippen LogP contribution in [0.2, 0.25) is 0 Å². The van der Waals surface area contributed by atoms with Crippen molar-refractivity contribution in [2.75, 3.05) is 0 Å². The van der Waals surface area contributed by atoms with Crippen molar-refractivity contribution < 1.29 is 24.2 Å². The summed E-state index contributed by atoms with van der Waals surface area (Å²) in [4.78, 5) is 24.4. The van der Waals surface area contributed by atoms with Crippen molar-refractivity contribution in [2.45, 2.75) is 19.8 Å². The standard InChI is InChI=1S/C19H16FNO4/c1-10(19(24)25)17-11(2)21(16-8-7-14(22)9-15(16)17)18(23)12-3-5-13(20)6-4-12/h3-10,22H,1-2H3,(H,24,25). The van der Waals surface area contributed by atoms with Crippen LogP contribution in [0.3, 0.4) is 0 Å². The highest BCUT2D eigenvalue weighted by atomic mass is 19.1. The Morgan fingerprint density at radius 1 is 1.12 bits per heavy atom. The molecule has 0 amide bonds. The van der Waals surface area contributed by atoms with Gasteiger partial charge in [-0.25, -0.2) is 4.39 Å². The van der Waals surface area contributed by atoms with E-state index in [0.29, 0.717) is 22.2 Å². The fourth-order valence-electron chi connectivity index (χ4n) is 3.08. The molecule has 2 aromatic carbocycles. The van der Waals surface area contributed by atoms with Crippen LogP contribution in [0.15, 0.2) is 42.5 Å². The zero-order valence-electron chi connectivity index (χ0n) is 13.7. The molecule has 25 heavy (non-hydrogen) atoms. The van der Waals surface area contributed by atoms with E-state index < -0.39 is 23.6 Å². The number of carboxylic acids is 1. The van der Waals surface area contributed by atoms with E-state index in [1.54, 1.807) is 13.0 Å². The van der Waals surface area contributed by atoms with Crippen molar-refractivity contribution in [3.8, 4) is 5.75 Å². The number of carbonyl (C=O) groups excluding carboxylic acids is 1. The fourth-order valence-corrected chi connectivity index (χ4v) is 3.08. The minimum Gasteiger partial charge on any atom is -0.508 e. The lowest BCUT2D eigenvalue weighted by Crippen LogP contribution is -2.15. The molecule has 3 rings (SSSR count). The number of hydrogen-bond donors (Lipinski definition) is 2. The number of nitrogens with zero attached hydrogens (tertiary/aromatic N) is 1. The molecule has 0 saturated carbocycles. The lowest BCUT2D eigenvalue weighted by atomic mass is 9.98. The van der Waals surface area contributed by atoms with Gasteiger partial charge in [-0.05, 0) is 61.9 Å². The summed E-state index contributed by atoms with van der Waals surface area (Å²) in [7, 11) is 0. The van der Waals surface area contributed by atoms with Crippen molar-refractivity contribution in [2.24, 2.45) is 0 Å². The molecule has 0 aliphatic heterocycles. The van der Waals surface area contributed by atoms with Crippen molar-refractivity contribution in [3.63, 3.8) is 0 Å². The maximum absolute atomic E-state index is 13.1. The normalized spacial score (nSPS) is 12.3. The topological polar surface area (TPSA) is 79.5 Å². The third-order valence-corrected chi connectivity index (χ3v) is 4.33. The quantitative estimate of drug-likeness (QED) is 0.762. The summed E-state index contributed by atoms with van der Waals surface area (Å²) >= 11 is 0. The number of fused-ring (bicyclic) bond motifs is 1. The Bertz CT molecular complexity index is 989. The van der Waals surface area contributed by atoms with E-state index in [2.05, 4.69) is 0 Å². The second-order valence-electron chi connectivity index (χ2n) is 5.91. The zero-order valence-corrected chi connectivity index (χ0v) is 13.7. The number of carboxylic acid groups (broad SMARTS) is 1. The summed E-state index contributed by atoms with van der Waals surface area (Å²) in [6, 6.07) is 9.60. The van der Waals surface area contributed by atoms with Gasteiger partial charge in [0, 0.05) is 16.6 Å². The van der Waals surface area contributed by atoms with Crippen LogP contribution in [0.1, 0.15) is 34.5 Å². The molecule has 0 aliphatic carbocycles. The summed E-state index contributed by atoms with van der Waals surface area (Å²) in [5, 5.41) is 19.7. The number of aromatic hydroxyl groups is 1. The van der Waals surface area contributed by atoms with Gasteiger partial charge in [-0.2, -0.15) is 0 Å². The van der Waals surface area contributed by atoms with Gasteiger partial charge in [-0.3, -0.25) is 14.2 Å². The van der Waals surface area contributed by atoms with E-state index in [4.69, 9.17) is 0 Å². The number of aromatic nitrogens is 1. The first-order chi connectivity index (χ1) is 11.8. The molecule has 2 N–H and O–H groups in total. The smallest absolute Gasteiger partial charge is 0.310 e. The minimum absolute atomic E-state index is 0.0160. The molecule has 5 nitrogen and oxygen atoms in total. The van der Waals surface area contributed by atoms with Crippen molar-refractivity contribution in [1.82, 2.24) is 4.57 Å². The number of rotatable bonds is 3. The van der Waals surface area contributed by atoms with Gasteiger partial charge in [0.2, 0.25) is 0 Å². The molecule has 0 spiro atoms. The highest BCUT2D eigenvalue weighted by molar-refractivity contribution is 6.05. The van der Waals surface area contributed by atoms with Crippen LogP contribution in [0, 0.1) is 12.7 Å². The van der Waals surface area contributed by atoms with E-state index in [9.17, 15) is 24.2 Å². The largest absolute Gasteiger partial charge is 0.508 e. The van der Waals surface area contributed by atoms with Gasteiger partial charge >= 0.3 is 5.97 Å². The number of halogens is 1. The Kier molecular flexibility index (Phi) is 4.04. The molecule has 128 valence electrons. The summed E-state index contributed by atoms with van der Waals surface area (Å²) in [6.07, 6.45) is 0. The number of phenols is 1. The molecule has 1 aromatic heterocycles. The van der Waals surface area contributed by atoms with E-state index >= 15 is 0 Å². The van der Waals surface area contributed by atoms with Gasteiger partial charge in [0.05, 0.1) is 11.4 Å². The molecule has 1 unspecified atom stereocenters. The average Bonchev–Trinajstić information content (AvgIpc) is 2.85.